The Hall–Kier alpha value is -2.70. The molecule has 0 bridgehead atoms. The predicted octanol–water partition coefficient (Wildman–Crippen LogP) is 5.40. The third-order valence-corrected chi connectivity index (χ3v) is 5.51. The fourth-order valence-electron chi connectivity index (χ4n) is 2.95. The van der Waals surface area contributed by atoms with E-state index in [1.54, 1.807) is 30.3 Å². The maximum Gasteiger partial charge on any atom is 0.331 e. The van der Waals surface area contributed by atoms with Gasteiger partial charge in [-0.05, 0) is 43.7 Å². The van der Waals surface area contributed by atoms with Crippen LogP contribution in [0, 0.1) is 13.8 Å². The number of hydrogen-bond acceptors (Lipinski definition) is 4. The Labute approximate surface area is 188 Å². The average Bonchev–Trinajstić information content (AvgIpc) is 2.99. The molecule has 1 heterocycles. The summed E-state index contributed by atoms with van der Waals surface area (Å²) in [7, 11) is 0. The molecule has 2 aromatic carbocycles. The van der Waals surface area contributed by atoms with Crippen LogP contribution in [0.4, 0.5) is 0 Å². The van der Waals surface area contributed by atoms with Crippen LogP contribution in [0.15, 0.2) is 59.1 Å². The molecule has 7 heteroatoms. The number of aromatic nitrogens is 2. The number of Topliss-reactive ketones (excluding diaryl/α,β-unsaturated/α-hetero) is 1. The number of carbonyl (C=O) groups excluding carboxylic acids is 2. The summed E-state index contributed by atoms with van der Waals surface area (Å²) in [5.74, 6) is -0.845. The van der Waals surface area contributed by atoms with Crippen LogP contribution in [0.5, 0.6) is 0 Å². The lowest BCUT2D eigenvalue weighted by atomic mass is 10.1. The lowest BCUT2D eigenvalue weighted by Crippen LogP contribution is -2.12. The molecule has 0 saturated heterocycles. The number of carbonyl (C=O) groups is 2. The van der Waals surface area contributed by atoms with Gasteiger partial charge >= 0.3 is 5.97 Å². The van der Waals surface area contributed by atoms with E-state index < -0.39 is 5.97 Å². The molecule has 3 rings (SSSR count). The Balaban J connectivity index is 1.63. The number of aryl methyl sites for hydroxylation is 1. The summed E-state index contributed by atoms with van der Waals surface area (Å²) in [6.07, 6.45) is 2.97. The number of nitrogens with zero attached hydrogens (tertiary/aromatic N) is 2. The number of halogens is 2. The second-order valence-corrected chi connectivity index (χ2v) is 8.03. The van der Waals surface area contributed by atoms with Crippen molar-refractivity contribution in [2.45, 2.75) is 20.4 Å². The van der Waals surface area contributed by atoms with Gasteiger partial charge < -0.3 is 4.74 Å². The van der Waals surface area contributed by atoms with Crippen molar-refractivity contribution in [2.24, 2.45) is 0 Å². The van der Waals surface area contributed by atoms with Crippen LogP contribution in [-0.2, 0) is 16.1 Å². The molecule has 3 aromatic rings. The summed E-state index contributed by atoms with van der Waals surface area (Å²) in [6, 6.07) is 14.5. The number of hydrogen-bond donors (Lipinski definition) is 0. The predicted molar refractivity (Wildman–Crippen MR) is 121 cm³/mol. The van der Waals surface area contributed by atoms with Crippen molar-refractivity contribution in [2.75, 3.05) is 6.61 Å². The van der Waals surface area contributed by atoms with E-state index in [0.29, 0.717) is 17.1 Å². The van der Waals surface area contributed by atoms with E-state index in [1.165, 1.54) is 6.08 Å². The molecule has 30 heavy (non-hydrogen) atoms. The van der Waals surface area contributed by atoms with Gasteiger partial charge in [0, 0.05) is 32.4 Å². The highest BCUT2D eigenvalue weighted by Crippen LogP contribution is 2.20. The first-order valence-electron chi connectivity index (χ1n) is 9.26. The standard InChI is InChI=1S/C23H20BrClN2O3/c1-15-20(16(2)27(26-15)13-18-5-3-4-6-21(18)25)11-12-23(29)30-14-22(28)17-7-9-19(24)10-8-17/h3-12H,13-14H2,1-2H3. The zero-order valence-electron chi connectivity index (χ0n) is 16.6. The second kappa shape index (κ2) is 9.87. The van der Waals surface area contributed by atoms with Crippen LogP contribution in [0.3, 0.4) is 0 Å². The third kappa shape index (κ3) is 5.46. The van der Waals surface area contributed by atoms with Crippen molar-refractivity contribution in [3.63, 3.8) is 0 Å². The maximum atomic E-state index is 12.1. The third-order valence-electron chi connectivity index (χ3n) is 4.61. The highest BCUT2D eigenvalue weighted by atomic mass is 79.9. The highest BCUT2D eigenvalue weighted by Gasteiger charge is 2.12. The van der Waals surface area contributed by atoms with E-state index in [2.05, 4.69) is 21.0 Å². The highest BCUT2D eigenvalue weighted by molar-refractivity contribution is 9.10. The number of esters is 1. The van der Waals surface area contributed by atoms with Crippen LogP contribution >= 0.6 is 27.5 Å². The second-order valence-electron chi connectivity index (χ2n) is 6.70. The van der Waals surface area contributed by atoms with Crippen molar-refractivity contribution in [1.29, 1.82) is 0 Å². The van der Waals surface area contributed by atoms with Crippen molar-refractivity contribution >= 4 is 45.4 Å². The zero-order chi connectivity index (χ0) is 21.7. The van der Waals surface area contributed by atoms with E-state index in [0.717, 1.165) is 27.0 Å². The van der Waals surface area contributed by atoms with Crippen LogP contribution in [0.25, 0.3) is 6.08 Å². The molecular formula is C23H20BrClN2O3. The fraction of sp³-hybridized carbons (Fsp3) is 0.174. The molecule has 0 radical (unpaired) electrons. The smallest absolute Gasteiger partial charge is 0.331 e. The summed E-state index contributed by atoms with van der Waals surface area (Å²) in [4.78, 5) is 24.2. The summed E-state index contributed by atoms with van der Waals surface area (Å²) < 4.78 is 7.80. The van der Waals surface area contributed by atoms with Crippen LogP contribution in [0.2, 0.25) is 5.02 Å². The Morgan fingerprint density at radius 1 is 1.13 bits per heavy atom. The largest absolute Gasteiger partial charge is 0.454 e. The Morgan fingerprint density at radius 3 is 2.53 bits per heavy atom. The monoisotopic (exact) mass is 486 g/mol. The molecule has 0 atom stereocenters. The molecule has 0 fully saturated rings. The summed E-state index contributed by atoms with van der Waals surface area (Å²) in [5.41, 5.74) is 3.98. The van der Waals surface area contributed by atoms with Gasteiger partial charge in [-0.15, -0.1) is 0 Å². The normalized spacial score (nSPS) is 11.1. The van der Waals surface area contributed by atoms with E-state index in [4.69, 9.17) is 16.3 Å². The van der Waals surface area contributed by atoms with Gasteiger partial charge in [0.2, 0.25) is 0 Å². The molecule has 1 aromatic heterocycles. The average molecular weight is 488 g/mol. The van der Waals surface area contributed by atoms with Crippen LogP contribution in [-0.4, -0.2) is 28.1 Å². The van der Waals surface area contributed by atoms with Gasteiger partial charge in [0.1, 0.15) is 0 Å². The van der Waals surface area contributed by atoms with Crippen molar-refractivity contribution < 1.29 is 14.3 Å². The van der Waals surface area contributed by atoms with Crippen molar-refractivity contribution in [1.82, 2.24) is 9.78 Å². The Bertz CT molecular complexity index is 1100. The lowest BCUT2D eigenvalue weighted by molar-refractivity contribution is -0.136. The molecule has 0 aliphatic heterocycles. The van der Waals surface area contributed by atoms with Gasteiger partial charge in [-0.1, -0.05) is 57.9 Å². The number of rotatable bonds is 7. The molecule has 0 N–H and O–H groups in total. The lowest BCUT2D eigenvalue weighted by Gasteiger charge is -2.06. The molecule has 0 spiro atoms. The van der Waals surface area contributed by atoms with E-state index in [9.17, 15) is 9.59 Å². The van der Waals surface area contributed by atoms with Gasteiger partial charge in [0.25, 0.3) is 0 Å². The minimum Gasteiger partial charge on any atom is -0.454 e. The molecule has 0 aliphatic rings. The van der Waals surface area contributed by atoms with Crippen molar-refractivity contribution in [3.8, 4) is 0 Å². The Morgan fingerprint density at radius 2 is 1.83 bits per heavy atom. The van der Waals surface area contributed by atoms with Gasteiger partial charge in [0.05, 0.1) is 12.2 Å². The number of ether oxygens (including phenoxy) is 1. The van der Waals surface area contributed by atoms with Gasteiger partial charge in [0.15, 0.2) is 12.4 Å². The summed E-state index contributed by atoms with van der Waals surface area (Å²) >= 11 is 9.56. The fourth-order valence-corrected chi connectivity index (χ4v) is 3.41. The van der Waals surface area contributed by atoms with Crippen LogP contribution < -0.4 is 0 Å². The molecular weight excluding hydrogens is 468 g/mol. The topological polar surface area (TPSA) is 61.2 Å². The molecule has 0 aliphatic carbocycles. The SMILES string of the molecule is Cc1nn(Cc2ccccc2Cl)c(C)c1C=CC(=O)OCC(=O)c1ccc(Br)cc1. The van der Waals surface area contributed by atoms with E-state index >= 15 is 0 Å². The van der Waals surface area contributed by atoms with E-state index in [1.807, 2.05) is 42.8 Å². The first-order valence-corrected chi connectivity index (χ1v) is 10.4. The molecule has 5 nitrogen and oxygen atoms in total. The zero-order valence-corrected chi connectivity index (χ0v) is 18.9. The minimum absolute atomic E-state index is 0.260. The molecule has 0 amide bonds. The summed E-state index contributed by atoms with van der Waals surface area (Å²) in [5, 5.41) is 5.22. The van der Waals surface area contributed by atoms with Crippen molar-refractivity contribution in [3.05, 3.63) is 92.2 Å². The van der Waals surface area contributed by atoms with Gasteiger partial charge in [-0.3, -0.25) is 9.48 Å². The number of benzene rings is 2. The first kappa shape index (κ1) is 22.0. The quantitative estimate of drug-likeness (QED) is 0.254. The molecule has 0 saturated carbocycles. The van der Waals surface area contributed by atoms with E-state index in [-0.39, 0.29) is 12.4 Å². The van der Waals surface area contributed by atoms with Gasteiger partial charge in [-0.25, -0.2) is 4.79 Å². The number of ketones is 1. The first-order chi connectivity index (χ1) is 14.3. The van der Waals surface area contributed by atoms with Gasteiger partial charge in [-0.2, -0.15) is 5.10 Å². The maximum absolute atomic E-state index is 12.1. The minimum atomic E-state index is -0.585. The Kier molecular flexibility index (Phi) is 7.24. The summed E-state index contributed by atoms with van der Waals surface area (Å²) in [6.45, 7) is 4.03. The van der Waals surface area contributed by atoms with Crippen LogP contribution in [0.1, 0.15) is 32.9 Å². The molecule has 0 unspecified atom stereocenters. The molecule has 154 valence electrons.